The molecule has 0 unspecified atom stereocenters. The second-order valence-corrected chi connectivity index (χ2v) is 6.86. The third kappa shape index (κ3) is 12.1. The molecule has 28 heavy (non-hydrogen) atoms. The number of methoxy groups -OCH3 is 1. The Bertz CT molecular complexity index is 600. The van der Waals surface area contributed by atoms with Crippen LogP contribution in [0.3, 0.4) is 0 Å². The zero-order chi connectivity index (χ0) is 20.6. The third-order valence-corrected chi connectivity index (χ3v) is 4.06. The smallest absolute Gasteiger partial charge is 0.305 e. The van der Waals surface area contributed by atoms with Crippen LogP contribution in [0.25, 0.3) is 0 Å². The van der Waals surface area contributed by atoms with E-state index in [1.165, 1.54) is 7.11 Å². The van der Waals surface area contributed by atoms with Gasteiger partial charge in [0.2, 0.25) is 5.91 Å². The molecule has 7 heteroatoms. The number of nitrogens with one attached hydrogen (secondary N) is 1. The molecule has 0 aliphatic heterocycles. The number of esters is 1. The Morgan fingerprint density at radius 2 is 1.71 bits per heavy atom. The van der Waals surface area contributed by atoms with E-state index in [2.05, 4.69) is 20.2 Å². The topological polar surface area (TPSA) is 80.2 Å². The Hall–Kier alpha value is -2.41. The molecule has 0 fully saturated rings. The zero-order valence-electron chi connectivity index (χ0n) is 17.3. The van der Waals surface area contributed by atoms with Gasteiger partial charge in [-0.3, -0.25) is 9.59 Å². The highest BCUT2D eigenvalue weighted by molar-refractivity contribution is 5.82. The minimum atomic E-state index is -0.184. The first-order valence-corrected chi connectivity index (χ1v) is 9.77. The molecule has 156 valence electrons. The predicted octanol–water partition coefficient (Wildman–Crippen LogP) is 2.98. The highest BCUT2D eigenvalue weighted by Crippen LogP contribution is 2.11. The number of amides is 1. The maximum absolute atomic E-state index is 11.7. The number of unbranched alkanes of at least 4 members (excludes halogenated alkanes) is 3. The average molecular weight is 392 g/mol. The normalized spacial score (nSPS) is 11.0. The van der Waals surface area contributed by atoms with Gasteiger partial charge in [-0.25, -0.2) is 5.43 Å². The van der Waals surface area contributed by atoms with E-state index >= 15 is 0 Å². The van der Waals surface area contributed by atoms with Crippen LogP contribution in [0.1, 0.15) is 50.5 Å². The van der Waals surface area contributed by atoms with E-state index in [-0.39, 0.29) is 11.9 Å². The number of carbonyl (C=O) groups is 2. The van der Waals surface area contributed by atoms with Crippen molar-refractivity contribution in [2.75, 3.05) is 34.4 Å². The summed E-state index contributed by atoms with van der Waals surface area (Å²) in [6.45, 7) is 1.68. The molecule has 0 aliphatic carbocycles. The van der Waals surface area contributed by atoms with Crippen molar-refractivity contribution in [2.45, 2.75) is 44.9 Å². The van der Waals surface area contributed by atoms with Gasteiger partial charge in [0.1, 0.15) is 5.75 Å². The van der Waals surface area contributed by atoms with Gasteiger partial charge in [0, 0.05) is 19.4 Å². The number of nitrogens with zero attached hydrogens (tertiary/aromatic N) is 2. The second kappa shape index (κ2) is 14.6. The van der Waals surface area contributed by atoms with Crippen molar-refractivity contribution in [3.8, 4) is 5.75 Å². The lowest BCUT2D eigenvalue weighted by molar-refractivity contribution is -0.140. The van der Waals surface area contributed by atoms with Gasteiger partial charge >= 0.3 is 5.97 Å². The summed E-state index contributed by atoms with van der Waals surface area (Å²) in [5.41, 5.74) is 3.43. The average Bonchev–Trinajstić information content (AvgIpc) is 2.68. The van der Waals surface area contributed by atoms with E-state index < -0.39 is 0 Å². The molecule has 1 amide bonds. The molecule has 1 aromatic carbocycles. The Kier molecular flexibility index (Phi) is 12.3. The van der Waals surface area contributed by atoms with E-state index in [0.717, 1.165) is 50.0 Å². The van der Waals surface area contributed by atoms with E-state index in [0.29, 0.717) is 19.4 Å². The Morgan fingerprint density at radius 3 is 2.36 bits per heavy atom. The van der Waals surface area contributed by atoms with E-state index in [9.17, 15) is 9.59 Å². The third-order valence-electron chi connectivity index (χ3n) is 4.06. The maximum atomic E-state index is 11.7. The second-order valence-electron chi connectivity index (χ2n) is 6.86. The highest BCUT2D eigenvalue weighted by atomic mass is 16.5. The lowest BCUT2D eigenvalue weighted by Crippen LogP contribution is -2.16. The highest BCUT2D eigenvalue weighted by Gasteiger charge is 2.02. The number of carbonyl (C=O) groups excluding carboxylic acids is 2. The van der Waals surface area contributed by atoms with Crippen LogP contribution in [0.15, 0.2) is 29.4 Å². The number of hydrogen-bond acceptors (Lipinski definition) is 6. The first kappa shape index (κ1) is 23.6. The molecule has 0 saturated heterocycles. The fourth-order valence-electron chi connectivity index (χ4n) is 2.47. The van der Waals surface area contributed by atoms with Gasteiger partial charge in [-0.2, -0.15) is 5.10 Å². The van der Waals surface area contributed by atoms with Crippen LogP contribution in [0.2, 0.25) is 0 Å². The molecule has 0 bridgehead atoms. The summed E-state index contributed by atoms with van der Waals surface area (Å²) in [6, 6.07) is 7.59. The summed E-state index contributed by atoms with van der Waals surface area (Å²) in [5, 5.41) is 3.98. The zero-order valence-corrected chi connectivity index (χ0v) is 17.3. The predicted molar refractivity (Wildman–Crippen MR) is 111 cm³/mol. The molecule has 0 aromatic heterocycles. The van der Waals surface area contributed by atoms with E-state index in [4.69, 9.17) is 4.74 Å². The van der Waals surface area contributed by atoms with Gasteiger partial charge < -0.3 is 14.4 Å². The number of ether oxygens (including phenoxy) is 2. The fraction of sp³-hybridized carbons (Fsp3) is 0.571. The summed E-state index contributed by atoms with van der Waals surface area (Å²) in [7, 11) is 5.48. The minimum Gasteiger partial charge on any atom is -0.494 e. The van der Waals surface area contributed by atoms with Crippen LogP contribution in [-0.4, -0.2) is 57.3 Å². The van der Waals surface area contributed by atoms with Crippen LogP contribution < -0.4 is 10.2 Å². The van der Waals surface area contributed by atoms with Crippen molar-refractivity contribution in [1.29, 1.82) is 0 Å². The molecule has 1 rings (SSSR count). The van der Waals surface area contributed by atoms with Crippen LogP contribution in [-0.2, 0) is 14.3 Å². The number of benzene rings is 1. The van der Waals surface area contributed by atoms with E-state index in [1.807, 2.05) is 38.4 Å². The van der Waals surface area contributed by atoms with Gasteiger partial charge in [0.25, 0.3) is 0 Å². The maximum Gasteiger partial charge on any atom is 0.305 e. The Labute approximate surface area is 168 Å². The van der Waals surface area contributed by atoms with Crippen LogP contribution in [0.4, 0.5) is 0 Å². The molecule has 0 saturated carbocycles. The SMILES string of the molecule is COC(=O)CCCCCCC(=O)N/N=C/c1ccc(OCCCN(C)C)cc1. The molecule has 1 aromatic rings. The molecular formula is C21H33N3O4. The molecule has 7 nitrogen and oxygen atoms in total. The van der Waals surface area contributed by atoms with Gasteiger partial charge in [0.15, 0.2) is 0 Å². The molecule has 0 aliphatic rings. The van der Waals surface area contributed by atoms with Crippen molar-refractivity contribution in [2.24, 2.45) is 5.10 Å². The summed E-state index contributed by atoms with van der Waals surface area (Å²) in [4.78, 5) is 24.9. The fourth-order valence-corrected chi connectivity index (χ4v) is 2.47. The Balaban J connectivity index is 2.15. The van der Waals surface area contributed by atoms with Crippen molar-refractivity contribution < 1.29 is 19.1 Å². The lowest BCUT2D eigenvalue weighted by atomic mass is 10.1. The van der Waals surface area contributed by atoms with Crippen molar-refractivity contribution in [3.63, 3.8) is 0 Å². The molecule has 0 spiro atoms. The first-order chi connectivity index (χ1) is 13.5. The van der Waals surface area contributed by atoms with Crippen LogP contribution >= 0.6 is 0 Å². The molecular weight excluding hydrogens is 358 g/mol. The Morgan fingerprint density at radius 1 is 1.04 bits per heavy atom. The summed E-state index contributed by atoms with van der Waals surface area (Å²) in [5.74, 6) is 0.535. The van der Waals surface area contributed by atoms with Gasteiger partial charge in [-0.05, 0) is 63.2 Å². The molecule has 0 radical (unpaired) electrons. The first-order valence-electron chi connectivity index (χ1n) is 9.77. The van der Waals surface area contributed by atoms with Gasteiger partial charge in [-0.1, -0.05) is 12.8 Å². The quantitative estimate of drug-likeness (QED) is 0.228. The van der Waals surface area contributed by atoms with Crippen molar-refractivity contribution >= 4 is 18.1 Å². The van der Waals surface area contributed by atoms with Gasteiger partial charge in [0.05, 0.1) is 19.9 Å². The number of rotatable bonds is 14. The molecule has 0 heterocycles. The van der Waals surface area contributed by atoms with E-state index in [1.54, 1.807) is 6.21 Å². The van der Waals surface area contributed by atoms with Crippen LogP contribution in [0, 0.1) is 0 Å². The standard InChI is InChI=1S/C21H33N3O4/c1-24(2)15-8-16-28-19-13-11-18(12-14-19)17-22-23-20(25)9-6-4-5-7-10-21(26)27-3/h11-14,17H,4-10,15-16H2,1-3H3,(H,23,25)/b22-17+. The van der Waals surface area contributed by atoms with Crippen molar-refractivity contribution in [1.82, 2.24) is 10.3 Å². The lowest BCUT2D eigenvalue weighted by Gasteiger charge is -2.10. The van der Waals surface area contributed by atoms with Crippen molar-refractivity contribution in [3.05, 3.63) is 29.8 Å². The van der Waals surface area contributed by atoms with Gasteiger partial charge in [-0.15, -0.1) is 0 Å². The minimum absolute atomic E-state index is 0.106. The summed E-state index contributed by atoms with van der Waals surface area (Å²) in [6.07, 6.45) is 6.85. The molecule has 1 N–H and O–H groups in total. The monoisotopic (exact) mass is 391 g/mol. The molecule has 0 atom stereocenters. The summed E-state index contributed by atoms with van der Waals surface area (Å²) < 4.78 is 10.3. The number of hydrazone groups is 1. The number of hydrogen-bond donors (Lipinski definition) is 1. The summed E-state index contributed by atoms with van der Waals surface area (Å²) >= 11 is 0. The largest absolute Gasteiger partial charge is 0.494 e. The van der Waals surface area contributed by atoms with Crippen LogP contribution in [0.5, 0.6) is 5.75 Å².